The maximum absolute atomic E-state index is 7.07. The van der Waals surface area contributed by atoms with Crippen LogP contribution in [-0.2, 0) is 0 Å². The Labute approximate surface area is 80.3 Å². The molecule has 1 aromatic rings. The fourth-order valence-corrected chi connectivity index (χ4v) is 1.13. The highest BCUT2D eigenvalue weighted by molar-refractivity contribution is 5.86. The molecule has 0 atom stereocenters. The Morgan fingerprint density at radius 3 is 2.23 bits per heavy atom. The number of hydrogen-bond acceptors (Lipinski definition) is 2. The zero-order valence-electron chi connectivity index (χ0n) is 8.81. The van der Waals surface area contributed by atoms with Gasteiger partial charge in [-0.05, 0) is 25.5 Å². The summed E-state index contributed by atoms with van der Waals surface area (Å²) in [6.07, 6.45) is 1.29. The number of nitrogens with one attached hydrogen (secondary N) is 1. The highest BCUT2D eigenvalue weighted by Crippen LogP contribution is 2.16. The van der Waals surface area contributed by atoms with Crippen LogP contribution in [0.15, 0.2) is 12.1 Å². The van der Waals surface area contributed by atoms with E-state index in [0.717, 1.165) is 16.7 Å². The normalized spacial score (nSPS) is 8.62. The van der Waals surface area contributed by atoms with Gasteiger partial charge in [-0.15, -0.1) is 0 Å². The zero-order valence-corrected chi connectivity index (χ0v) is 8.81. The third-order valence-electron chi connectivity index (χ3n) is 1.72. The summed E-state index contributed by atoms with van der Waals surface area (Å²) in [5, 5.41) is 7.07. The smallest absolute Gasteiger partial charge is 0.0432 e. The number of hydrogen-bond donors (Lipinski definition) is 2. The van der Waals surface area contributed by atoms with E-state index < -0.39 is 0 Å². The molecule has 0 saturated carbocycles. The van der Waals surface area contributed by atoms with Crippen molar-refractivity contribution in [3.8, 4) is 0 Å². The van der Waals surface area contributed by atoms with Gasteiger partial charge in [0.1, 0.15) is 0 Å². The molecule has 0 aliphatic rings. The molecule has 0 aliphatic heterocycles. The molecule has 0 heterocycles. The van der Waals surface area contributed by atoms with Gasteiger partial charge in [0.15, 0.2) is 0 Å². The van der Waals surface area contributed by atoms with Crippen molar-refractivity contribution in [2.24, 2.45) is 0 Å². The Balaban J connectivity index is 0.000000671. The number of aryl methyl sites for hydroxylation is 2. The highest BCUT2D eigenvalue weighted by Gasteiger charge is 1.99. The quantitative estimate of drug-likeness (QED) is 0.504. The molecular weight excluding hydrogens is 160 g/mol. The number of benzene rings is 1. The molecule has 0 saturated heterocycles. The van der Waals surface area contributed by atoms with E-state index in [4.69, 9.17) is 11.1 Å². The van der Waals surface area contributed by atoms with Crippen molar-refractivity contribution >= 4 is 11.9 Å². The Bertz CT molecular complexity index is 290. The summed E-state index contributed by atoms with van der Waals surface area (Å²) >= 11 is 0. The maximum atomic E-state index is 7.07. The van der Waals surface area contributed by atoms with Gasteiger partial charge in [0.05, 0.1) is 0 Å². The van der Waals surface area contributed by atoms with E-state index in [-0.39, 0.29) is 0 Å². The summed E-state index contributed by atoms with van der Waals surface area (Å²) < 4.78 is 0. The van der Waals surface area contributed by atoms with Gasteiger partial charge < -0.3 is 11.1 Å². The fourth-order valence-electron chi connectivity index (χ4n) is 1.13. The summed E-state index contributed by atoms with van der Waals surface area (Å²) in [4.78, 5) is 0. The Morgan fingerprint density at radius 1 is 1.23 bits per heavy atom. The third kappa shape index (κ3) is 2.90. The van der Waals surface area contributed by atoms with E-state index in [9.17, 15) is 0 Å². The van der Waals surface area contributed by atoms with Crippen LogP contribution in [0.2, 0.25) is 0 Å². The van der Waals surface area contributed by atoms with Crippen LogP contribution in [0.4, 0.5) is 5.69 Å². The molecule has 0 unspecified atom stereocenters. The van der Waals surface area contributed by atoms with Gasteiger partial charge in [-0.3, -0.25) is 0 Å². The van der Waals surface area contributed by atoms with Crippen molar-refractivity contribution in [2.45, 2.75) is 27.7 Å². The number of nitrogen functional groups attached to an aromatic ring is 1. The zero-order chi connectivity index (χ0) is 10.4. The topological polar surface area (TPSA) is 49.9 Å². The van der Waals surface area contributed by atoms with Crippen molar-refractivity contribution < 1.29 is 0 Å². The molecule has 0 aromatic heterocycles. The summed E-state index contributed by atoms with van der Waals surface area (Å²) in [6, 6.07) is 3.93. The van der Waals surface area contributed by atoms with E-state index in [2.05, 4.69) is 0 Å². The molecule has 0 aliphatic carbocycles. The van der Waals surface area contributed by atoms with Crippen molar-refractivity contribution in [3.05, 3.63) is 28.8 Å². The molecule has 2 nitrogen and oxygen atoms in total. The molecule has 0 fully saturated rings. The first-order chi connectivity index (χ1) is 6.15. The van der Waals surface area contributed by atoms with Gasteiger partial charge in [-0.2, -0.15) is 0 Å². The minimum absolute atomic E-state index is 0.714. The third-order valence-corrected chi connectivity index (χ3v) is 1.72. The molecular formula is C11H18N2. The minimum atomic E-state index is 0.714. The second-order valence-electron chi connectivity index (χ2n) is 2.73. The van der Waals surface area contributed by atoms with Crippen LogP contribution >= 0.6 is 0 Å². The van der Waals surface area contributed by atoms with Gasteiger partial charge in [0, 0.05) is 17.5 Å². The van der Waals surface area contributed by atoms with E-state index in [0.29, 0.717) is 5.69 Å². The first-order valence-electron chi connectivity index (χ1n) is 4.52. The van der Waals surface area contributed by atoms with Crippen molar-refractivity contribution in [3.63, 3.8) is 0 Å². The maximum Gasteiger partial charge on any atom is 0.0432 e. The lowest BCUT2D eigenvalue weighted by Gasteiger charge is -2.04. The molecule has 0 amide bonds. The van der Waals surface area contributed by atoms with Crippen LogP contribution < -0.4 is 5.73 Å². The Hall–Kier alpha value is -1.31. The van der Waals surface area contributed by atoms with Gasteiger partial charge in [0.2, 0.25) is 0 Å². The Kier molecular flexibility index (Phi) is 4.82. The summed E-state index contributed by atoms with van der Waals surface area (Å²) in [6.45, 7) is 7.95. The second kappa shape index (κ2) is 5.36. The molecule has 2 heteroatoms. The monoisotopic (exact) mass is 178 g/mol. The molecule has 0 spiro atoms. The van der Waals surface area contributed by atoms with E-state index in [1.807, 2.05) is 39.8 Å². The fraction of sp³-hybridized carbons (Fsp3) is 0.364. The molecule has 0 radical (unpaired) electrons. The van der Waals surface area contributed by atoms with Crippen LogP contribution in [-0.4, -0.2) is 6.21 Å². The predicted molar refractivity (Wildman–Crippen MR) is 59.6 cm³/mol. The van der Waals surface area contributed by atoms with Crippen molar-refractivity contribution in [2.75, 3.05) is 5.73 Å². The van der Waals surface area contributed by atoms with Gasteiger partial charge in [-0.1, -0.05) is 25.5 Å². The second-order valence-corrected chi connectivity index (χ2v) is 2.73. The molecule has 1 rings (SSSR count). The highest BCUT2D eigenvalue weighted by atomic mass is 14.6. The lowest BCUT2D eigenvalue weighted by molar-refractivity contribution is 1.37. The average Bonchev–Trinajstić information content (AvgIpc) is 2.14. The first kappa shape index (κ1) is 11.7. The van der Waals surface area contributed by atoms with E-state index in [1.54, 1.807) is 0 Å². The van der Waals surface area contributed by atoms with Gasteiger partial charge in [-0.25, -0.2) is 0 Å². The summed E-state index contributed by atoms with van der Waals surface area (Å²) in [5.41, 5.74) is 9.43. The lowest BCUT2D eigenvalue weighted by Crippen LogP contribution is -1.96. The summed E-state index contributed by atoms with van der Waals surface area (Å²) in [5.74, 6) is 0. The van der Waals surface area contributed by atoms with Crippen LogP contribution in [0.5, 0.6) is 0 Å². The first-order valence-corrected chi connectivity index (χ1v) is 4.52. The average molecular weight is 178 g/mol. The molecule has 13 heavy (non-hydrogen) atoms. The lowest BCUT2D eigenvalue weighted by atomic mass is 10.1. The van der Waals surface area contributed by atoms with Crippen molar-refractivity contribution in [1.29, 1.82) is 5.41 Å². The molecule has 72 valence electrons. The van der Waals surface area contributed by atoms with Gasteiger partial charge >= 0.3 is 0 Å². The number of anilines is 1. The number of nitrogens with two attached hydrogens (primary N) is 1. The molecule has 1 aromatic carbocycles. The van der Waals surface area contributed by atoms with Crippen LogP contribution in [0, 0.1) is 19.3 Å². The van der Waals surface area contributed by atoms with E-state index >= 15 is 0 Å². The molecule has 0 bridgehead atoms. The standard InChI is InChI=1S/C9H12N2.C2H6/c1-6-3-7(2)9(11)8(4-6)5-10;1-2/h3-5,10H,11H2,1-2H3;1-2H3. The van der Waals surface area contributed by atoms with Crippen LogP contribution in [0.3, 0.4) is 0 Å². The van der Waals surface area contributed by atoms with E-state index in [1.165, 1.54) is 6.21 Å². The predicted octanol–water partition coefficient (Wildman–Crippen LogP) is 2.91. The Morgan fingerprint density at radius 2 is 1.77 bits per heavy atom. The largest absolute Gasteiger partial charge is 0.398 e. The summed E-state index contributed by atoms with van der Waals surface area (Å²) in [7, 11) is 0. The van der Waals surface area contributed by atoms with Crippen molar-refractivity contribution in [1.82, 2.24) is 0 Å². The minimum Gasteiger partial charge on any atom is -0.398 e. The molecule has 3 N–H and O–H groups in total. The van der Waals surface area contributed by atoms with Crippen LogP contribution in [0.1, 0.15) is 30.5 Å². The number of rotatable bonds is 1. The van der Waals surface area contributed by atoms with Crippen LogP contribution in [0.25, 0.3) is 0 Å². The van der Waals surface area contributed by atoms with Gasteiger partial charge in [0.25, 0.3) is 0 Å². The SMILES string of the molecule is CC.Cc1cc(C)c(N)c(C=N)c1.